The summed E-state index contributed by atoms with van der Waals surface area (Å²) in [6.07, 6.45) is 2.36. The van der Waals surface area contributed by atoms with Crippen LogP contribution in [-0.2, 0) is 9.59 Å². The average Bonchev–Trinajstić information content (AvgIpc) is 2.36. The van der Waals surface area contributed by atoms with Crippen LogP contribution in [0.25, 0.3) is 0 Å². The second-order valence-electron chi connectivity index (χ2n) is 3.57. The monoisotopic (exact) mass is 169 g/mol. The van der Waals surface area contributed by atoms with Crippen molar-refractivity contribution >= 4 is 11.7 Å². The van der Waals surface area contributed by atoms with E-state index < -0.39 is 0 Å². The van der Waals surface area contributed by atoms with Gasteiger partial charge in [-0.3, -0.25) is 9.59 Å². The van der Waals surface area contributed by atoms with Crippen LogP contribution >= 0.6 is 0 Å². The van der Waals surface area contributed by atoms with Gasteiger partial charge in [-0.2, -0.15) is 0 Å². The van der Waals surface area contributed by atoms with Gasteiger partial charge in [0.25, 0.3) is 0 Å². The normalized spacial score (nSPS) is 23.2. The molecule has 1 amide bonds. The molecule has 0 heterocycles. The molecule has 68 valence electrons. The Balaban J connectivity index is 2.40. The molecule has 0 bridgehead atoms. The molecule has 3 nitrogen and oxygen atoms in total. The number of amides is 1. The van der Waals surface area contributed by atoms with Crippen molar-refractivity contribution in [1.82, 2.24) is 5.32 Å². The summed E-state index contributed by atoms with van der Waals surface area (Å²) < 4.78 is 0. The number of ketones is 1. The molecule has 0 aromatic carbocycles. The number of carbonyl (C=O) groups excluding carboxylic acids is 2. The minimum absolute atomic E-state index is 0.0183. The van der Waals surface area contributed by atoms with E-state index in [9.17, 15) is 9.59 Å². The van der Waals surface area contributed by atoms with Crippen LogP contribution in [0, 0.1) is 5.92 Å². The molecule has 1 aliphatic carbocycles. The highest BCUT2D eigenvalue weighted by Gasteiger charge is 2.26. The Hall–Kier alpha value is -0.860. The molecular formula is C9H15NO2. The second-order valence-corrected chi connectivity index (χ2v) is 3.57. The number of carbonyl (C=O) groups is 2. The molecule has 1 aliphatic rings. The van der Waals surface area contributed by atoms with E-state index in [4.69, 9.17) is 0 Å². The third-order valence-corrected chi connectivity index (χ3v) is 2.15. The van der Waals surface area contributed by atoms with Crippen LogP contribution in [0.3, 0.4) is 0 Å². The first kappa shape index (κ1) is 9.23. The molecule has 0 aliphatic heterocycles. The highest BCUT2D eigenvalue weighted by Crippen LogP contribution is 2.14. The SMILES string of the molecule is CC(C)C(=O)N[C@H]1CCCC1=O. The van der Waals surface area contributed by atoms with Crippen molar-refractivity contribution in [3.63, 3.8) is 0 Å². The third-order valence-electron chi connectivity index (χ3n) is 2.15. The molecule has 1 N–H and O–H groups in total. The van der Waals surface area contributed by atoms with Crippen LogP contribution in [0.1, 0.15) is 33.1 Å². The van der Waals surface area contributed by atoms with E-state index in [1.165, 1.54) is 0 Å². The highest BCUT2D eigenvalue weighted by atomic mass is 16.2. The predicted molar refractivity (Wildman–Crippen MR) is 45.6 cm³/mol. The van der Waals surface area contributed by atoms with Crippen molar-refractivity contribution in [2.24, 2.45) is 5.92 Å². The summed E-state index contributed by atoms with van der Waals surface area (Å²) in [7, 11) is 0. The highest BCUT2D eigenvalue weighted by molar-refractivity contribution is 5.90. The van der Waals surface area contributed by atoms with Crippen LogP contribution in [0.5, 0.6) is 0 Å². The zero-order valence-corrected chi connectivity index (χ0v) is 7.59. The fourth-order valence-electron chi connectivity index (χ4n) is 1.31. The fraction of sp³-hybridized carbons (Fsp3) is 0.778. The predicted octanol–water partition coefficient (Wildman–Crippen LogP) is 0.880. The van der Waals surface area contributed by atoms with E-state index in [1.807, 2.05) is 13.8 Å². The number of hydrogen-bond donors (Lipinski definition) is 1. The van der Waals surface area contributed by atoms with Gasteiger partial charge < -0.3 is 5.32 Å². The van der Waals surface area contributed by atoms with E-state index in [0.29, 0.717) is 6.42 Å². The Morgan fingerprint density at radius 3 is 2.67 bits per heavy atom. The smallest absolute Gasteiger partial charge is 0.223 e. The summed E-state index contributed by atoms with van der Waals surface area (Å²) in [5.74, 6) is 0.137. The van der Waals surface area contributed by atoms with Crippen molar-refractivity contribution in [3.05, 3.63) is 0 Å². The van der Waals surface area contributed by atoms with Gasteiger partial charge in [0.1, 0.15) is 0 Å². The maximum absolute atomic E-state index is 11.2. The molecule has 0 saturated heterocycles. The molecule has 0 aromatic heterocycles. The molecule has 1 fully saturated rings. The third kappa shape index (κ3) is 2.06. The lowest BCUT2D eigenvalue weighted by Crippen LogP contribution is -2.39. The van der Waals surface area contributed by atoms with E-state index >= 15 is 0 Å². The lowest BCUT2D eigenvalue weighted by Gasteiger charge is -2.12. The van der Waals surface area contributed by atoms with Gasteiger partial charge in [0.05, 0.1) is 6.04 Å². The zero-order chi connectivity index (χ0) is 9.14. The van der Waals surface area contributed by atoms with Gasteiger partial charge >= 0.3 is 0 Å². The first-order valence-electron chi connectivity index (χ1n) is 4.44. The van der Waals surface area contributed by atoms with Gasteiger partial charge in [0.2, 0.25) is 5.91 Å². The molecular weight excluding hydrogens is 154 g/mol. The van der Waals surface area contributed by atoms with Crippen molar-refractivity contribution in [2.75, 3.05) is 0 Å². The number of hydrogen-bond acceptors (Lipinski definition) is 2. The van der Waals surface area contributed by atoms with Crippen LogP contribution in [0.4, 0.5) is 0 Å². The minimum Gasteiger partial charge on any atom is -0.346 e. The van der Waals surface area contributed by atoms with Gasteiger partial charge in [0, 0.05) is 12.3 Å². The molecule has 0 unspecified atom stereocenters. The minimum atomic E-state index is -0.195. The van der Waals surface area contributed by atoms with E-state index in [2.05, 4.69) is 5.32 Å². The van der Waals surface area contributed by atoms with Crippen LogP contribution in [-0.4, -0.2) is 17.7 Å². The second kappa shape index (κ2) is 3.70. The van der Waals surface area contributed by atoms with Crippen molar-refractivity contribution in [3.8, 4) is 0 Å². The van der Waals surface area contributed by atoms with Crippen molar-refractivity contribution < 1.29 is 9.59 Å². The molecule has 3 heteroatoms. The van der Waals surface area contributed by atoms with E-state index in [-0.39, 0.29) is 23.7 Å². The topological polar surface area (TPSA) is 46.2 Å². The summed E-state index contributed by atoms with van der Waals surface area (Å²) in [6.45, 7) is 3.66. The van der Waals surface area contributed by atoms with Gasteiger partial charge in [-0.1, -0.05) is 13.8 Å². The number of rotatable bonds is 2. The summed E-state index contributed by atoms with van der Waals surface area (Å²) in [5.41, 5.74) is 0. The van der Waals surface area contributed by atoms with Crippen LogP contribution in [0.15, 0.2) is 0 Å². The van der Waals surface area contributed by atoms with Crippen LogP contribution < -0.4 is 5.32 Å². The Bertz CT molecular complexity index is 199. The van der Waals surface area contributed by atoms with Crippen molar-refractivity contribution in [1.29, 1.82) is 0 Å². The average molecular weight is 169 g/mol. The number of Topliss-reactive ketones (excluding diaryl/α,β-unsaturated/α-hetero) is 1. The molecule has 1 atom stereocenters. The van der Waals surface area contributed by atoms with E-state index in [0.717, 1.165) is 12.8 Å². The van der Waals surface area contributed by atoms with Crippen molar-refractivity contribution in [2.45, 2.75) is 39.2 Å². The summed E-state index contributed by atoms with van der Waals surface area (Å²) in [6, 6.07) is -0.195. The molecule has 12 heavy (non-hydrogen) atoms. The summed E-state index contributed by atoms with van der Waals surface area (Å²) >= 11 is 0. The standard InChI is InChI=1S/C9H15NO2/c1-6(2)9(12)10-7-4-3-5-8(7)11/h6-7H,3-5H2,1-2H3,(H,10,12)/t7-/m0/s1. The summed E-state index contributed by atoms with van der Waals surface area (Å²) in [4.78, 5) is 22.3. The summed E-state index contributed by atoms with van der Waals surface area (Å²) in [5, 5.41) is 2.74. The van der Waals surface area contributed by atoms with Gasteiger partial charge in [0.15, 0.2) is 5.78 Å². The lowest BCUT2D eigenvalue weighted by molar-refractivity contribution is -0.128. The fourth-order valence-corrected chi connectivity index (χ4v) is 1.31. The number of nitrogens with one attached hydrogen (secondary N) is 1. The maximum atomic E-state index is 11.2. The Morgan fingerprint density at radius 2 is 2.25 bits per heavy atom. The Morgan fingerprint density at radius 1 is 1.58 bits per heavy atom. The molecule has 0 aromatic rings. The quantitative estimate of drug-likeness (QED) is 0.667. The zero-order valence-electron chi connectivity index (χ0n) is 7.59. The molecule has 1 saturated carbocycles. The van der Waals surface area contributed by atoms with Gasteiger partial charge in [-0.15, -0.1) is 0 Å². The first-order chi connectivity index (χ1) is 5.61. The first-order valence-corrected chi connectivity index (χ1v) is 4.44. The lowest BCUT2D eigenvalue weighted by atomic mass is 10.1. The maximum Gasteiger partial charge on any atom is 0.223 e. The molecule has 1 rings (SSSR count). The van der Waals surface area contributed by atoms with Crippen LogP contribution in [0.2, 0.25) is 0 Å². The largest absolute Gasteiger partial charge is 0.346 e. The molecule has 0 radical (unpaired) electrons. The van der Waals surface area contributed by atoms with Gasteiger partial charge in [-0.25, -0.2) is 0 Å². The van der Waals surface area contributed by atoms with Gasteiger partial charge in [-0.05, 0) is 12.8 Å². The molecule has 0 spiro atoms. The Labute approximate surface area is 72.5 Å². The Kier molecular flexibility index (Phi) is 2.84. The van der Waals surface area contributed by atoms with E-state index in [1.54, 1.807) is 0 Å².